The zero-order chi connectivity index (χ0) is 14.5. The minimum atomic E-state index is 0.455. The molecule has 0 unspecified atom stereocenters. The van der Waals surface area contributed by atoms with E-state index in [0.29, 0.717) is 34.6 Å². The van der Waals surface area contributed by atoms with Gasteiger partial charge in [-0.05, 0) is 47.7 Å². The Bertz CT molecular complexity index is 672. The topological polar surface area (TPSA) is 70.8 Å². The van der Waals surface area contributed by atoms with Crippen LogP contribution in [0.2, 0.25) is 5.02 Å². The van der Waals surface area contributed by atoms with Crippen LogP contribution in [0.5, 0.6) is 5.88 Å². The Morgan fingerprint density at radius 1 is 1.45 bits per heavy atom. The van der Waals surface area contributed by atoms with Gasteiger partial charge in [0.05, 0.1) is 28.9 Å². The van der Waals surface area contributed by atoms with Gasteiger partial charge in [-0.1, -0.05) is 11.6 Å². The summed E-state index contributed by atoms with van der Waals surface area (Å²) in [6, 6.07) is 7.06. The molecule has 0 aliphatic carbocycles. The van der Waals surface area contributed by atoms with Crippen LogP contribution in [-0.2, 0) is 0 Å². The molecule has 0 spiro atoms. The van der Waals surface area contributed by atoms with Crippen LogP contribution in [0.15, 0.2) is 24.5 Å². The number of anilines is 2. The molecule has 0 aliphatic rings. The number of hydrogen-bond donors (Lipinski definition) is 1. The third-order valence-electron chi connectivity index (χ3n) is 2.39. The molecule has 1 aromatic heterocycles. The average molecular weight is 401 g/mol. The summed E-state index contributed by atoms with van der Waals surface area (Å²) in [5, 5.41) is 12.4. The molecular formula is C13H10ClIN4O. The fourth-order valence-corrected chi connectivity index (χ4v) is 2.29. The lowest BCUT2D eigenvalue weighted by atomic mass is 10.2. The maximum atomic E-state index is 8.81. The fourth-order valence-electron chi connectivity index (χ4n) is 1.49. The van der Waals surface area contributed by atoms with Crippen LogP contribution < -0.4 is 10.1 Å². The van der Waals surface area contributed by atoms with Crippen LogP contribution in [-0.4, -0.2) is 16.6 Å². The minimum absolute atomic E-state index is 0.455. The molecule has 5 nitrogen and oxygen atoms in total. The first-order valence-electron chi connectivity index (χ1n) is 5.75. The van der Waals surface area contributed by atoms with Gasteiger partial charge >= 0.3 is 0 Å². The quantitative estimate of drug-likeness (QED) is 0.792. The summed E-state index contributed by atoms with van der Waals surface area (Å²) in [6.45, 7) is 2.42. The lowest BCUT2D eigenvalue weighted by Gasteiger charge is -2.11. The molecule has 0 amide bonds. The fraction of sp³-hybridized carbons (Fsp3) is 0.154. The molecule has 0 atom stereocenters. The van der Waals surface area contributed by atoms with Crippen LogP contribution >= 0.6 is 34.2 Å². The smallest absolute Gasteiger partial charge is 0.232 e. The zero-order valence-corrected chi connectivity index (χ0v) is 13.4. The van der Waals surface area contributed by atoms with Crippen LogP contribution in [0.1, 0.15) is 12.5 Å². The Hall–Kier alpha value is -1.59. The van der Waals surface area contributed by atoms with Crippen LogP contribution in [0.3, 0.4) is 0 Å². The van der Waals surface area contributed by atoms with E-state index in [-0.39, 0.29) is 0 Å². The van der Waals surface area contributed by atoms with Crippen molar-refractivity contribution in [3.05, 3.63) is 38.7 Å². The number of ether oxygens (including phenoxy) is 1. The number of nitrogens with zero attached hydrogens (tertiary/aromatic N) is 3. The predicted octanol–water partition coefficient (Wildman–Crippen LogP) is 3.75. The van der Waals surface area contributed by atoms with E-state index in [2.05, 4.69) is 37.9 Å². The number of halogens is 2. The molecule has 1 heterocycles. The standard InChI is InChI=1S/C13H10ClIN4O/c1-2-20-13-11(15)12(17-7-18-13)19-10-4-3-8(6-16)5-9(10)14/h3-5,7H,2H2,1H3,(H,17,18,19). The van der Waals surface area contributed by atoms with Crippen molar-refractivity contribution in [2.45, 2.75) is 6.92 Å². The van der Waals surface area contributed by atoms with Gasteiger partial charge in [0.25, 0.3) is 0 Å². The van der Waals surface area contributed by atoms with E-state index in [0.717, 1.165) is 3.57 Å². The molecule has 1 N–H and O–H groups in total. The number of nitrogens with one attached hydrogen (secondary N) is 1. The first-order chi connectivity index (χ1) is 9.65. The lowest BCUT2D eigenvalue weighted by molar-refractivity contribution is 0.324. The molecule has 2 rings (SSSR count). The molecule has 102 valence electrons. The van der Waals surface area contributed by atoms with E-state index >= 15 is 0 Å². The van der Waals surface area contributed by atoms with Crippen molar-refractivity contribution in [3.63, 3.8) is 0 Å². The Balaban J connectivity index is 2.31. The van der Waals surface area contributed by atoms with Gasteiger partial charge in [0.2, 0.25) is 5.88 Å². The second-order valence-electron chi connectivity index (χ2n) is 3.71. The molecule has 0 fully saturated rings. The third-order valence-corrected chi connectivity index (χ3v) is 3.67. The van der Waals surface area contributed by atoms with Crippen LogP contribution in [0.25, 0.3) is 0 Å². The van der Waals surface area contributed by atoms with E-state index in [4.69, 9.17) is 21.6 Å². The second kappa shape index (κ2) is 6.72. The average Bonchev–Trinajstić information content (AvgIpc) is 2.45. The summed E-state index contributed by atoms with van der Waals surface area (Å²) in [6.07, 6.45) is 1.42. The first-order valence-corrected chi connectivity index (χ1v) is 7.21. The van der Waals surface area contributed by atoms with E-state index < -0.39 is 0 Å². The van der Waals surface area contributed by atoms with E-state index in [1.54, 1.807) is 18.2 Å². The lowest BCUT2D eigenvalue weighted by Crippen LogP contribution is -2.03. The van der Waals surface area contributed by atoms with E-state index in [1.165, 1.54) is 6.33 Å². The van der Waals surface area contributed by atoms with Crippen molar-refractivity contribution in [2.75, 3.05) is 11.9 Å². The highest BCUT2D eigenvalue weighted by atomic mass is 127. The molecular weight excluding hydrogens is 391 g/mol. The Morgan fingerprint density at radius 2 is 2.25 bits per heavy atom. The highest BCUT2D eigenvalue weighted by Gasteiger charge is 2.11. The second-order valence-corrected chi connectivity index (χ2v) is 5.19. The van der Waals surface area contributed by atoms with Crippen molar-refractivity contribution in [2.24, 2.45) is 0 Å². The molecule has 1 aromatic carbocycles. The number of hydrogen-bond acceptors (Lipinski definition) is 5. The van der Waals surface area contributed by atoms with Crippen molar-refractivity contribution in [1.82, 2.24) is 9.97 Å². The van der Waals surface area contributed by atoms with E-state index in [1.807, 2.05) is 13.0 Å². The van der Waals surface area contributed by atoms with Gasteiger partial charge in [0.1, 0.15) is 9.90 Å². The maximum absolute atomic E-state index is 8.81. The Morgan fingerprint density at radius 3 is 2.90 bits per heavy atom. The number of aromatic nitrogens is 2. The number of nitriles is 1. The summed E-state index contributed by atoms with van der Waals surface area (Å²) in [4.78, 5) is 8.23. The van der Waals surface area contributed by atoms with Crippen molar-refractivity contribution < 1.29 is 4.74 Å². The van der Waals surface area contributed by atoms with Gasteiger partial charge in [0.15, 0.2) is 5.82 Å². The number of rotatable bonds is 4. The Kier molecular flexibility index (Phi) is 4.98. The van der Waals surface area contributed by atoms with Crippen molar-refractivity contribution in [1.29, 1.82) is 5.26 Å². The largest absolute Gasteiger partial charge is 0.477 e. The Labute approximate surface area is 135 Å². The summed E-state index contributed by atoms with van der Waals surface area (Å²) >= 11 is 8.23. The summed E-state index contributed by atoms with van der Waals surface area (Å²) in [7, 11) is 0. The molecule has 0 aliphatic heterocycles. The summed E-state index contributed by atoms with van der Waals surface area (Å²) in [5.41, 5.74) is 1.18. The normalized spacial score (nSPS) is 9.90. The SMILES string of the molecule is CCOc1ncnc(Nc2ccc(C#N)cc2Cl)c1I. The monoisotopic (exact) mass is 400 g/mol. The van der Waals surface area contributed by atoms with Crippen molar-refractivity contribution >= 4 is 45.7 Å². The summed E-state index contributed by atoms with van der Waals surface area (Å²) < 4.78 is 6.18. The van der Waals surface area contributed by atoms with Gasteiger partial charge in [-0.25, -0.2) is 9.97 Å². The van der Waals surface area contributed by atoms with Gasteiger partial charge in [-0.15, -0.1) is 0 Å². The third kappa shape index (κ3) is 3.29. The first kappa shape index (κ1) is 14.8. The summed E-state index contributed by atoms with van der Waals surface area (Å²) in [5.74, 6) is 1.13. The highest BCUT2D eigenvalue weighted by molar-refractivity contribution is 14.1. The molecule has 0 saturated heterocycles. The highest BCUT2D eigenvalue weighted by Crippen LogP contribution is 2.30. The predicted molar refractivity (Wildman–Crippen MR) is 85.4 cm³/mol. The molecule has 20 heavy (non-hydrogen) atoms. The molecule has 0 bridgehead atoms. The van der Waals surface area contributed by atoms with Crippen molar-refractivity contribution in [3.8, 4) is 11.9 Å². The zero-order valence-electron chi connectivity index (χ0n) is 10.5. The van der Waals surface area contributed by atoms with Gasteiger partial charge in [0, 0.05) is 0 Å². The maximum Gasteiger partial charge on any atom is 0.232 e. The van der Waals surface area contributed by atoms with Crippen LogP contribution in [0, 0.1) is 14.9 Å². The molecule has 0 radical (unpaired) electrons. The van der Waals surface area contributed by atoms with Crippen LogP contribution in [0.4, 0.5) is 11.5 Å². The molecule has 2 aromatic rings. The van der Waals surface area contributed by atoms with Gasteiger partial charge in [-0.2, -0.15) is 5.26 Å². The van der Waals surface area contributed by atoms with Gasteiger partial charge < -0.3 is 10.1 Å². The van der Waals surface area contributed by atoms with E-state index in [9.17, 15) is 0 Å². The molecule has 7 heteroatoms. The van der Waals surface area contributed by atoms with Gasteiger partial charge in [-0.3, -0.25) is 0 Å². The minimum Gasteiger partial charge on any atom is -0.477 e. The molecule has 0 saturated carbocycles. The number of benzene rings is 1.